The Kier molecular flexibility index (Phi) is 35.1. The third-order valence-corrected chi connectivity index (χ3v) is 7.74. The first kappa shape index (κ1) is 43.6. The zero-order valence-electron chi connectivity index (χ0n) is 29.8. The van der Waals surface area contributed by atoms with Crippen molar-refractivity contribution in [1.82, 2.24) is 0 Å². The van der Waals surface area contributed by atoms with E-state index in [1.165, 1.54) is 57.8 Å². The average Bonchev–Trinajstić information content (AvgIpc) is 3.06. The van der Waals surface area contributed by atoms with E-state index in [4.69, 9.17) is 9.47 Å². The van der Waals surface area contributed by atoms with E-state index in [0.717, 1.165) is 83.5 Å². The van der Waals surface area contributed by atoms with Crippen LogP contribution in [0.25, 0.3) is 0 Å². The van der Waals surface area contributed by atoms with Gasteiger partial charge >= 0.3 is 11.9 Å². The Balaban J connectivity index is 3.52. The molecule has 0 heterocycles. The van der Waals surface area contributed by atoms with Crippen LogP contribution in [0.1, 0.15) is 168 Å². The number of aliphatic hydroxyl groups is 1. The van der Waals surface area contributed by atoms with Crippen LogP contribution in [0.15, 0.2) is 60.8 Å². The van der Waals surface area contributed by atoms with Crippen molar-refractivity contribution in [2.24, 2.45) is 0 Å². The first-order chi connectivity index (χ1) is 22.6. The van der Waals surface area contributed by atoms with Crippen LogP contribution in [0.4, 0.5) is 0 Å². The van der Waals surface area contributed by atoms with Crippen molar-refractivity contribution in [3.63, 3.8) is 0 Å². The Morgan fingerprint density at radius 3 is 1.26 bits per heavy atom. The first-order valence-corrected chi connectivity index (χ1v) is 18.8. The summed E-state index contributed by atoms with van der Waals surface area (Å²) in [7, 11) is 0. The Morgan fingerprint density at radius 1 is 0.478 bits per heavy atom. The average molecular weight is 643 g/mol. The molecule has 0 bridgehead atoms. The summed E-state index contributed by atoms with van der Waals surface area (Å²) in [6.45, 7) is 4.14. The summed E-state index contributed by atoms with van der Waals surface area (Å²) < 4.78 is 10.3. The maximum Gasteiger partial charge on any atom is 0.305 e. The number of esters is 2. The van der Waals surface area contributed by atoms with Gasteiger partial charge in [-0.2, -0.15) is 0 Å². The van der Waals surface area contributed by atoms with Crippen LogP contribution in [-0.2, 0) is 19.1 Å². The lowest BCUT2D eigenvalue weighted by Crippen LogP contribution is -2.25. The van der Waals surface area contributed by atoms with E-state index in [1.807, 2.05) is 0 Å². The molecule has 5 nitrogen and oxygen atoms in total. The zero-order chi connectivity index (χ0) is 33.6. The maximum absolute atomic E-state index is 11.9. The van der Waals surface area contributed by atoms with Gasteiger partial charge in [0.15, 0.2) is 0 Å². The van der Waals surface area contributed by atoms with Crippen molar-refractivity contribution in [1.29, 1.82) is 0 Å². The van der Waals surface area contributed by atoms with Gasteiger partial charge in [-0.1, -0.05) is 139 Å². The van der Waals surface area contributed by atoms with Gasteiger partial charge in [0.1, 0.15) is 19.3 Å². The van der Waals surface area contributed by atoms with E-state index >= 15 is 0 Å². The van der Waals surface area contributed by atoms with Crippen LogP contribution >= 0.6 is 0 Å². The highest BCUT2D eigenvalue weighted by atomic mass is 16.6. The van der Waals surface area contributed by atoms with Crippen molar-refractivity contribution in [3.05, 3.63) is 60.8 Å². The Hall–Kier alpha value is -2.40. The van der Waals surface area contributed by atoms with Gasteiger partial charge in [-0.15, -0.1) is 0 Å². The van der Waals surface area contributed by atoms with Crippen LogP contribution in [0.5, 0.6) is 0 Å². The van der Waals surface area contributed by atoms with E-state index in [0.29, 0.717) is 12.8 Å². The van der Waals surface area contributed by atoms with Gasteiger partial charge in [0.05, 0.1) is 0 Å². The Labute approximate surface area is 283 Å². The molecule has 0 spiro atoms. The highest BCUT2D eigenvalue weighted by molar-refractivity contribution is 5.69. The van der Waals surface area contributed by atoms with E-state index in [9.17, 15) is 14.7 Å². The molecule has 0 aromatic carbocycles. The van der Waals surface area contributed by atoms with Gasteiger partial charge in [-0.3, -0.25) is 9.59 Å². The van der Waals surface area contributed by atoms with Crippen molar-refractivity contribution < 1.29 is 24.2 Å². The van der Waals surface area contributed by atoms with Crippen LogP contribution in [0.2, 0.25) is 0 Å². The summed E-state index contributed by atoms with van der Waals surface area (Å²) in [6, 6.07) is 0. The lowest BCUT2D eigenvalue weighted by atomic mass is 10.1. The maximum atomic E-state index is 11.9. The molecular formula is C41H70O5. The topological polar surface area (TPSA) is 72.8 Å². The van der Waals surface area contributed by atoms with Gasteiger partial charge in [0, 0.05) is 12.8 Å². The SMILES string of the molecule is CC/C=C\C/C=C\C/C=C\C/C=C\CCCCCCC(=O)OC[C@H](O)COC(=O)CCCCCCC/C=C\CCCCCCCC. The van der Waals surface area contributed by atoms with E-state index in [-0.39, 0.29) is 25.2 Å². The van der Waals surface area contributed by atoms with Gasteiger partial charge in [-0.25, -0.2) is 0 Å². The summed E-state index contributed by atoms with van der Waals surface area (Å²) in [5, 5.41) is 10.00. The lowest BCUT2D eigenvalue weighted by Gasteiger charge is -2.12. The number of carbonyl (C=O) groups is 2. The van der Waals surface area contributed by atoms with Crippen LogP contribution in [0.3, 0.4) is 0 Å². The molecule has 0 unspecified atom stereocenters. The summed E-state index contributed by atoms with van der Waals surface area (Å²) in [5.41, 5.74) is 0. The van der Waals surface area contributed by atoms with Gasteiger partial charge < -0.3 is 14.6 Å². The number of ether oxygens (including phenoxy) is 2. The Morgan fingerprint density at radius 2 is 0.826 bits per heavy atom. The normalized spacial score (nSPS) is 12.8. The van der Waals surface area contributed by atoms with Gasteiger partial charge in [0.25, 0.3) is 0 Å². The van der Waals surface area contributed by atoms with Crippen LogP contribution < -0.4 is 0 Å². The fourth-order valence-corrected chi connectivity index (χ4v) is 4.89. The predicted octanol–water partition coefficient (Wildman–Crippen LogP) is 11.6. The molecule has 0 aromatic heterocycles. The molecule has 0 saturated heterocycles. The molecule has 0 fully saturated rings. The molecule has 46 heavy (non-hydrogen) atoms. The Bertz CT molecular complexity index is 823. The minimum Gasteiger partial charge on any atom is -0.463 e. The lowest BCUT2D eigenvalue weighted by molar-refractivity contribution is -0.152. The monoisotopic (exact) mass is 643 g/mol. The smallest absolute Gasteiger partial charge is 0.305 e. The summed E-state index contributed by atoms with van der Waals surface area (Å²) in [6.07, 6.45) is 47.0. The highest BCUT2D eigenvalue weighted by Crippen LogP contribution is 2.11. The third-order valence-electron chi connectivity index (χ3n) is 7.74. The summed E-state index contributed by atoms with van der Waals surface area (Å²) in [5.74, 6) is -0.606. The number of rotatable bonds is 33. The second-order valence-corrected chi connectivity index (χ2v) is 12.3. The van der Waals surface area contributed by atoms with E-state index < -0.39 is 6.10 Å². The van der Waals surface area contributed by atoms with Crippen LogP contribution in [0, 0.1) is 0 Å². The predicted molar refractivity (Wildman–Crippen MR) is 196 cm³/mol. The number of hydrogen-bond donors (Lipinski definition) is 1. The van der Waals surface area contributed by atoms with Gasteiger partial charge in [0.2, 0.25) is 0 Å². The largest absolute Gasteiger partial charge is 0.463 e. The molecule has 1 N–H and O–H groups in total. The molecule has 0 amide bonds. The molecule has 0 aliphatic rings. The molecule has 0 aliphatic heterocycles. The van der Waals surface area contributed by atoms with E-state index in [2.05, 4.69) is 74.6 Å². The molecule has 0 rings (SSSR count). The molecule has 1 atom stereocenters. The standard InChI is InChI=1S/C41H70O5/c1-3-5-7-9-11-13-15-17-19-20-22-24-26-28-30-32-34-36-41(44)46-38-39(42)37-45-40(43)35-33-31-29-27-25-23-21-18-16-14-12-10-8-6-4-2/h5,7,11,13,17-19,21-22,24,39,42H,3-4,6,8-10,12,14-16,20,23,25-38H2,1-2H3/b7-5-,13-11-,19-17-,21-18-,24-22-/t39-/m1/s1. The first-order valence-electron chi connectivity index (χ1n) is 18.8. The molecule has 264 valence electrons. The van der Waals surface area contributed by atoms with Crippen molar-refractivity contribution in [3.8, 4) is 0 Å². The van der Waals surface area contributed by atoms with Crippen molar-refractivity contribution in [2.75, 3.05) is 13.2 Å². The fourth-order valence-electron chi connectivity index (χ4n) is 4.89. The van der Waals surface area contributed by atoms with Gasteiger partial charge in [-0.05, 0) is 77.0 Å². The summed E-state index contributed by atoms with van der Waals surface area (Å²) >= 11 is 0. The molecule has 5 heteroatoms. The highest BCUT2D eigenvalue weighted by Gasteiger charge is 2.12. The third kappa shape index (κ3) is 36.1. The second-order valence-electron chi connectivity index (χ2n) is 12.3. The molecule has 0 aromatic rings. The van der Waals surface area contributed by atoms with E-state index in [1.54, 1.807) is 0 Å². The zero-order valence-corrected chi connectivity index (χ0v) is 29.8. The van der Waals surface area contributed by atoms with Crippen molar-refractivity contribution >= 4 is 11.9 Å². The number of aliphatic hydroxyl groups excluding tert-OH is 1. The minimum absolute atomic E-state index is 0.130. The van der Waals surface area contributed by atoms with Crippen molar-refractivity contribution in [2.45, 2.75) is 174 Å². The molecule has 0 saturated carbocycles. The van der Waals surface area contributed by atoms with Crippen LogP contribution in [-0.4, -0.2) is 36.4 Å². The molecule has 0 aliphatic carbocycles. The number of carbonyl (C=O) groups excluding carboxylic acids is 2. The number of unbranched alkanes of at least 4 members (excludes halogenated alkanes) is 15. The molecule has 0 radical (unpaired) electrons. The number of allylic oxidation sites excluding steroid dienone is 10. The summed E-state index contributed by atoms with van der Waals surface area (Å²) in [4.78, 5) is 23.9. The second kappa shape index (κ2) is 37.1. The molecular weight excluding hydrogens is 572 g/mol. The minimum atomic E-state index is -0.979. The fraction of sp³-hybridized carbons (Fsp3) is 0.707. The number of hydrogen-bond acceptors (Lipinski definition) is 5. The quantitative estimate of drug-likeness (QED) is 0.0438.